The first-order valence-electron chi connectivity index (χ1n) is 4.01. The van der Waals surface area contributed by atoms with Gasteiger partial charge in [-0.1, -0.05) is 6.07 Å². The monoisotopic (exact) mass is 213 g/mol. The number of hydrogen-bond donors (Lipinski definition) is 1. The van der Waals surface area contributed by atoms with E-state index in [1.807, 2.05) is 0 Å². The van der Waals surface area contributed by atoms with Gasteiger partial charge in [-0.15, -0.1) is 0 Å². The lowest BCUT2D eigenvalue weighted by Gasteiger charge is -2.00. The van der Waals surface area contributed by atoms with Crippen LogP contribution in [0.5, 0.6) is 0 Å². The summed E-state index contributed by atoms with van der Waals surface area (Å²) in [5.41, 5.74) is 5.39. The Morgan fingerprint density at radius 3 is 2.64 bits per heavy atom. The molecule has 14 heavy (non-hydrogen) atoms. The van der Waals surface area contributed by atoms with Crippen molar-refractivity contribution in [3.05, 3.63) is 34.5 Å². The summed E-state index contributed by atoms with van der Waals surface area (Å²) in [5.74, 6) is -0.533. The maximum absolute atomic E-state index is 13.2. The summed E-state index contributed by atoms with van der Waals surface area (Å²) in [7, 11) is -3.52. The Hall–Kier alpha value is -1.20. The first-order valence-corrected chi connectivity index (χ1v) is 5.50. The van der Waals surface area contributed by atoms with Gasteiger partial charge in [-0.25, -0.2) is 12.8 Å². The lowest BCUT2D eigenvalue weighted by atomic mass is 10.2. The van der Waals surface area contributed by atoms with E-state index in [1.165, 1.54) is 24.3 Å². The maximum Gasteiger partial charge on any atom is 0.204 e. The van der Waals surface area contributed by atoms with Gasteiger partial charge in [0.25, 0.3) is 0 Å². The molecule has 2 N–H and O–H groups in total. The van der Waals surface area contributed by atoms with Gasteiger partial charge in [0.05, 0.1) is 9.80 Å². The van der Waals surface area contributed by atoms with E-state index in [0.717, 1.165) is 0 Å². The van der Waals surface area contributed by atoms with Crippen molar-refractivity contribution in [1.82, 2.24) is 0 Å². The topological polar surface area (TPSA) is 60.2 Å². The summed E-state index contributed by atoms with van der Waals surface area (Å²) in [4.78, 5) is 0.0792. The predicted octanol–water partition coefficient (Wildman–Crippen LogP) is 0.913. The molecule has 0 amide bonds. The molecular formula is C9H8FNO2S. The van der Waals surface area contributed by atoms with Crippen molar-refractivity contribution < 1.29 is 12.8 Å². The predicted molar refractivity (Wildman–Crippen MR) is 50.6 cm³/mol. The zero-order valence-corrected chi connectivity index (χ0v) is 8.01. The number of rotatable bonds is 1. The van der Waals surface area contributed by atoms with E-state index in [0.29, 0.717) is 0 Å². The average molecular weight is 213 g/mol. The van der Waals surface area contributed by atoms with Crippen LogP contribution < -0.4 is 5.73 Å². The minimum atomic E-state index is -3.52. The van der Waals surface area contributed by atoms with Gasteiger partial charge in [0.1, 0.15) is 5.82 Å². The second-order valence-corrected chi connectivity index (χ2v) is 4.94. The molecule has 74 valence electrons. The molecule has 1 aliphatic heterocycles. The fraction of sp³-hybridized carbons (Fsp3) is 0.111. The van der Waals surface area contributed by atoms with Gasteiger partial charge >= 0.3 is 0 Å². The SMILES string of the molecule is NCC1=Cc2c(F)cccc2S1(=O)=O. The highest BCUT2D eigenvalue weighted by Crippen LogP contribution is 2.33. The summed E-state index contributed by atoms with van der Waals surface area (Å²) in [5, 5.41) is 0. The molecule has 0 saturated carbocycles. The molecule has 0 fully saturated rings. The second kappa shape index (κ2) is 2.90. The Labute approximate surface area is 81.0 Å². The Balaban J connectivity index is 2.78. The summed E-state index contributed by atoms with van der Waals surface area (Å²) in [6.45, 7) is -0.101. The van der Waals surface area contributed by atoms with Gasteiger partial charge in [-0.3, -0.25) is 0 Å². The lowest BCUT2D eigenvalue weighted by molar-refractivity contribution is 0.597. The minimum Gasteiger partial charge on any atom is -0.326 e. The molecule has 1 aromatic rings. The van der Waals surface area contributed by atoms with Crippen molar-refractivity contribution in [2.24, 2.45) is 5.73 Å². The number of benzene rings is 1. The minimum absolute atomic E-state index is 0.0120. The number of halogens is 1. The normalized spacial score (nSPS) is 17.7. The van der Waals surface area contributed by atoms with E-state index in [4.69, 9.17) is 5.73 Å². The van der Waals surface area contributed by atoms with Crippen molar-refractivity contribution in [3.63, 3.8) is 0 Å². The van der Waals surface area contributed by atoms with Crippen LogP contribution in [0.1, 0.15) is 5.56 Å². The molecule has 0 aliphatic carbocycles. The summed E-state index contributed by atoms with van der Waals surface area (Å²) >= 11 is 0. The molecule has 1 aromatic carbocycles. The van der Waals surface area contributed by atoms with E-state index in [9.17, 15) is 12.8 Å². The Bertz CT molecular complexity index is 520. The molecule has 0 aromatic heterocycles. The van der Waals surface area contributed by atoms with Crippen molar-refractivity contribution in [2.75, 3.05) is 6.54 Å². The van der Waals surface area contributed by atoms with Gasteiger partial charge in [0.15, 0.2) is 0 Å². The van der Waals surface area contributed by atoms with E-state index in [1.54, 1.807) is 0 Å². The molecule has 0 radical (unpaired) electrons. The van der Waals surface area contributed by atoms with E-state index >= 15 is 0 Å². The first kappa shape index (κ1) is 9.36. The van der Waals surface area contributed by atoms with Gasteiger partial charge < -0.3 is 5.73 Å². The standard InChI is InChI=1S/C9H8FNO2S/c10-8-2-1-3-9-7(8)4-6(5-11)14(9,12)13/h1-4H,5,11H2. The first-order chi connectivity index (χ1) is 6.57. The third-order valence-corrected chi connectivity index (χ3v) is 4.06. The highest BCUT2D eigenvalue weighted by atomic mass is 32.2. The van der Waals surface area contributed by atoms with Crippen molar-refractivity contribution in [2.45, 2.75) is 4.90 Å². The van der Waals surface area contributed by atoms with Crippen molar-refractivity contribution >= 4 is 15.9 Å². The largest absolute Gasteiger partial charge is 0.326 e. The van der Waals surface area contributed by atoms with Crippen LogP contribution in [0.2, 0.25) is 0 Å². The van der Waals surface area contributed by atoms with Crippen LogP contribution in [-0.2, 0) is 9.84 Å². The fourth-order valence-electron chi connectivity index (χ4n) is 1.44. The second-order valence-electron chi connectivity index (χ2n) is 2.97. The molecule has 2 rings (SSSR count). The van der Waals surface area contributed by atoms with Crippen LogP contribution >= 0.6 is 0 Å². The van der Waals surface area contributed by atoms with E-state index in [2.05, 4.69) is 0 Å². The molecule has 1 heterocycles. The number of fused-ring (bicyclic) bond motifs is 1. The van der Waals surface area contributed by atoms with Gasteiger partial charge in [0.2, 0.25) is 9.84 Å². The van der Waals surface area contributed by atoms with Gasteiger partial charge in [0, 0.05) is 12.1 Å². The Morgan fingerprint density at radius 2 is 2.07 bits per heavy atom. The van der Waals surface area contributed by atoms with Crippen LogP contribution in [-0.4, -0.2) is 15.0 Å². The molecule has 0 spiro atoms. The molecule has 0 atom stereocenters. The summed E-state index contributed by atoms with van der Waals surface area (Å²) < 4.78 is 36.5. The molecule has 5 heteroatoms. The zero-order chi connectivity index (χ0) is 10.3. The summed E-state index contributed by atoms with van der Waals surface area (Å²) in [6, 6.07) is 3.98. The fourth-order valence-corrected chi connectivity index (χ4v) is 2.92. The van der Waals surface area contributed by atoms with Gasteiger partial charge in [-0.2, -0.15) is 0 Å². The summed E-state index contributed by atoms with van der Waals surface area (Å²) in [6.07, 6.45) is 1.29. The quantitative estimate of drug-likeness (QED) is 0.754. The zero-order valence-electron chi connectivity index (χ0n) is 7.20. The number of nitrogens with two attached hydrogens (primary N) is 1. The molecule has 0 saturated heterocycles. The van der Waals surface area contributed by atoms with Crippen LogP contribution in [0.3, 0.4) is 0 Å². The smallest absolute Gasteiger partial charge is 0.204 e. The van der Waals surface area contributed by atoms with Crippen LogP contribution in [0.25, 0.3) is 6.08 Å². The van der Waals surface area contributed by atoms with Crippen LogP contribution in [0.15, 0.2) is 28.0 Å². The van der Waals surface area contributed by atoms with E-state index in [-0.39, 0.29) is 21.9 Å². The van der Waals surface area contributed by atoms with Gasteiger partial charge in [-0.05, 0) is 18.2 Å². The molecule has 1 aliphatic rings. The van der Waals surface area contributed by atoms with Crippen molar-refractivity contribution in [1.29, 1.82) is 0 Å². The maximum atomic E-state index is 13.2. The highest BCUT2D eigenvalue weighted by Gasteiger charge is 2.29. The Kier molecular flexibility index (Phi) is 1.94. The molecule has 0 unspecified atom stereocenters. The molecular weight excluding hydrogens is 205 g/mol. The molecule has 0 bridgehead atoms. The third-order valence-electron chi connectivity index (χ3n) is 2.15. The molecule has 3 nitrogen and oxygen atoms in total. The number of hydrogen-bond acceptors (Lipinski definition) is 3. The highest BCUT2D eigenvalue weighted by molar-refractivity contribution is 7.95. The average Bonchev–Trinajstić information content (AvgIpc) is 2.40. The number of sulfone groups is 1. The lowest BCUT2D eigenvalue weighted by Crippen LogP contribution is -2.10. The van der Waals surface area contributed by atoms with E-state index < -0.39 is 15.7 Å². The van der Waals surface area contributed by atoms with Crippen LogP contribution in [0.4, 0.5) is 4.39 Å². The Morgan fingerprint density at radius 1 is 1.36 bits per heavy atom. The third kappa shape index (κ3) is 1.09. The van der Waals surface area contributed by atoms with Crippen molar-refractivity contribution in [3.8, 4) is 0 Å². The van der Waals surface area contributed by atoms with Crippen LogP contribution in [0, 0.1) is 5.82 Å².